The van der Waals surface area contributed by atoms with Crippen molar-refractivity contribution >= 4 is 37.7 Å². The zero-order chi connectivity index (χ0) is 12.3. The quantitative estimate of drug-likeness (QED) is 0.786. The average Bonchev–Trinajstić information content (AvgIpc) is 2.32. The minimum Gasteiger partial charge on any atom is -0.355 e. The minimum absolute atomic E-state index is 0.796. The number of nitrogens with zero attached hydrogens (tertiary/aromatic N) is 3. The highest BCUT2D eigenvalue weighted by atomic mass is 79.9. The van der Waals surface area contributed by atoms with Gasteiger partial charge < -0.3 is 4.90 Å². The Morgan fingerprint density at radius 2 is 1.82 bits per heavy atom. The Bertz CT molecular complexity index is 499. The molecule has 0 aliphatic rings. The van der Waals surface area contributed by atoms with E-state index in [0.717, 1.165) is 21.4 Å². The summed E-state index contributed by atoms with van der Waals surface area (Å²) in [6.07, 6.45) is 1.55. The number of aromatic nitrogens is 2. The lowest BCUT2D eigenvalue weighted by Gasteiger charge is -2.18. The van der Waals surface area contributed by atoms with Gasteiger partial charge in [0, 0.05) is 24.1 Å². The molecule has 3 nitrogen and oxygen atoms in total. The highest BCUT2D eigenvalue weighted by molar-refractivity contribution is 9.10. The van der Waals surface area contributed by atoms with E-state index in [1.54, 1.807) is 6.33 Å². The van der Waals surface area contributed by atoms with Crippen LogP contribution < -0.4 is 4.90 Å². The maximum Gasteiger partial charge on any atom is 0.133 e. The maximum absolute atomic E-state index is 4.23. The van der Waals surface area contributed by atoms with Gasteiger partial charge in [-0.05, 0) is 33.6 Å². The fraction of sp³-hybridized carbons (Fsp3) is 0.167. The summed E-state index contributed by atoms with van der Waals surface area (Å²) < 4.78 is 1.89. The molecule has 0 aliphatic carbocycles. The first kappa shape index (κ1) is 12.5. The predicted molar refractivity (Wildman–Crippen MR) is 76.0 cm³/mol. The molecule has 0 aliphatic heterocycles. The van der Waals surface area contributed by atoms with Gasteiger partial charge in [0.15, 0.2) is 0 Å². The summed E-state index contributed by atoms with van der Waals surface area (Å²) in [5, 5.41) is 0. The van der Waals surface area contributed by atoms with E-state index in [1.807, 2.05) is 25.2 Å². The first-order chi connectivity index (χ1) is 8.15. The van der Waals surface area contributed by atoms with Crippen molar-refractivity contribution in [3.63, 3.8) is 0 Å². The number of benzene rings is 1. The summed E-state index contributed by atoms with van der Waals surface area (Å²) in [7, 11) is 2.01. The maximum atomic E-state index is 4.23. The molecular weight excluding hydrogens is 346 g/mol. The van der Waals surface area contributed by atoms with E-state index in [9.17, 15) is 0 Å². The van der Waals surface area contributed by atoms with Crippen molar-refractivity contribution in [3.05, 3.63) is 51.3 Å². The summed E-state index contributed by atoms with van der Waals surface area (Å²) >= 11 is 6.77. The SMILES string of the molecule is CN(Cc1ccc(Br)cc1)c1cc(Br)ncn1. The number of halogens is 2. The summed E-state index contributed by atoms with van der Waals surface area (Å²) in [5.41, 5.74) is 1.24. The average molecular weight is 357 g/mol. The zero-order valence-corrected chi connectivity index (χ0v) is 12.4. The van der Waals surface area contributed by atoms with E-state index in [-0.39, 0.29) is 0 Å². The monoisotopic (exact) mass is 355 g/mol. The molecule has 17 heavy (non-hydrogen) atoms. The van der Waals surface area contributed by atoms with Crippen LogP contribution in [0.15, 0.2) is 45.7 Å². The van der Waals surface area contributed by atoms with Crippen molar-refractivity contribution in [1.82, 2.24) is 9.97 Å². The highest BCUT2D eigenvalue weighted by Gasteiger charge is 2.04. The fourth-order valence-electron chi connectivity index (χ4n) is 1.48. The molecule has 0 unspecified atom stereocenters. The summed E-state index contributed by atoms with van der Waals surface area (Å²) in [5.74, 6) is 0.898. The van der Waals surface area contributed by atoms with Crippen LogP contribution in [0.2, 0.25) is 0 Å². The van der Waals surface area contributed by atoms with Crippen LogP contribution >= 0.6 is 31.9 Å². The Morgan fingerprint density at radius 3 is 2.47 bits per heavy atom. The molecule has 2 rings (SSSR count). The Kier molecular flexibility index (Phi) is 4.12. The molecule has 0 bridgehead atoms. The summed E-state index contributed by atoms with van der Waals surface area (Å²) in [6, 6.07) is 10.2. The van der Waals surface area contributed by atoms with Gasteiger partial charge in [-0.25, -0.2) is 9.97 Å². The van der Waals surface area contributed by atoms with Gasteiger partial charge in [-0.2, -0.15) is 0 Å². The van der Waals surface area contributed by atoms with Crippen LogP contribution in [-0.2, 0) is 6.54 Å². The molecule has 5 heteroatoms. The molecule has 1 aromatic carbocycles. The van der Waals surface area contributed by atoms with Crippen LogP contribution in [0.25, 0.3) is 0 Å². The van der Waals surface area contributed by atoms with Gasteiger partial charge in [0.2, 0.25) is 0 Å². The van der Waals surface area contributed by atoms with Crippen LogP contribution in [0.5, 0.6) is 0 Å². The third kappa shape index (κ3) is 3.51. The molecule has 0 atom stereocenters. The minimum atomic E-state index is 0.796. The van der Waals surface area contributed by atoms with E-state index in [2.05, 4.69) is 58.9 Å². The van der Waals surface area contributed by atoms with Crippen molar-refractivity contribution in [2.24, 2.45) is 0 Å². The number of hydrogen-bond acceptors (Lipinski definition) is 3. The molecule has 2 aromatic rings. The third-order valence-corrected chi connectivity index (χ3v) is 3.31. The first-order valence-electron chi connectivity index (χ1n) is 5.08. The molecular formula is C12H11Br2N3. The van der Waals surface area contributed by atoms with Crippen LogP contribution in [0.4, 0.5) is 5.82 Å². The van der Waals surface area contributed by atoms with Crippen molar-refractivity contribution in [2.45, 2.75) is 6.54 Å². The van der Waals surface area contributed by atoms with Crippen molar-refractivity contribution in [1.29, 1.82) is 0 Å². The zero-order valence-electron chi connectivity index (χ0n) is 9.27. The molecule has 1 heterocycles. The lowest BCUT2D eigenvalue weighted by molar-refractivity contribution is 0.888. The van der Waals surface area contributed by atoms with Crippen molar-refractivity contribution in [3.8, 4) is 0 Å². The second-order valence-electron chi connectivity index (χ2n) is 3.68. The van der Waals surface area contributed by atoms with Crippen LogP contribution in [-0.4, -0.2) is 17.0 Å². The summed E-state index contributed by atoms with van der Waals surface area (Å²) in [6.45, 7) is 0.816. The van der Waals surface area contributed by atoms with E-state index < -0.39 is 0 Å². The van der Waals surface area contributed by atoms with Crippen molar-refractivity contribution in [2.75, 3.05) is 11.9 Å². The third-order valence-electron chi connectivity index (χ3n) is 2.34. The van der Waals surface area contributed by atoms with Gasteiger partial charge in [-0.15, -0.1) is 0 Å². The summed E-state index contributed by atoms with van der Waals surface area (Å²) in [4.78, 5) is 10.3. The van der Waals surface area contributed by atoms with Gasteiger partial charge >= 0.3 is 0 Å². The van der Waals surface area contributed by atoms with Crippen LogP contribution in [0.1, 0.15) is 5.56 Å². The molecule has 0 radical (unpaired) electrons. The first-order valence-corrected chi connectivity index (χ1v) is 6.67. The van der Waals surface area contributed by atoms with Gasteiger partial charge in [0.05, 0.1) is 0 Å². The second kappa shape index (κ2) is 5.60. The molecule has 1 aromatic heterocycles. The van der Waals surface area contributed by atoms with E-state index >= 15 is 0 Å². The standard InChI is InChI=1S/C12H11Br2N3/c1-17(12-6-11(14)15-8-16-12)7-9-2-4-10(13)5-3-9/h2-6,8H,7H2,1H3. The van der Waals surface area contributed by atoms with Crippen LogP contribution in [0, 0.1) is 0 Å². The van der Waals surface area contributed by atoms with Gasteiger partial charge in [0.1, 0.15) is 16.7 Å². The van der Waals surface area contributed by atoms with E-state index in [0.29, 0.717) is 0 Å². The normalized spacial score (nSPS) is 10.3. The molecule has 0 amide bonds. The largest absolute Gasteiger partial charge is 0.355 e. The van der Waals surface area contributed by atoms with Gasteiger partial charge in [-0.1, -0.05) is 28.1 Å². The number of rotatable bonds is 3. The fourth-order valence-corrected chi connectivity index (χ4v) is 2.04. The topological polar surface area (TPSA) is 29.0 Å². The number of anilines is 1. The Hall–Kier alpha value is -0.940. The lowest BCUT2D eigenvalue weighted by Crippen LogP contribution is -2.17. The van der Waals surface area contributed by atoms with Crippen molar-refractivity contribution < 1.29 is 0 Å². The molecule has 0 N–H and O–H groups in total. The van der Waals surface area contributed by atoms with Crippen LogP contribution in [0.3, 0.4) is 0 Å². The van der Waals surface area contributed by atoms with E-state index in [4.69, 9.17) is 0 Å². The molecule has 0 saturated carbocycles. The molecule has 88 valence electrons. The molecule has 0 saturated heterocycles. The predicted octanol–water partition coefficient (Wildman–Crippen LogP) is 3.64. The smallest absolute Gasteiger partial charge is 0.133 e. The number of hydrogen-bond donors (Lipinski definition) is 0. The molecule has 0 fully saturated rings. The molecule has 0 spiro atoms. The Morgan fingerprint density at radius 1 is 1.12 bits per heavy atom. The van der Waals surface area contributed by atoms with E-state index in [1.165, 1.54) is 5.56 Å². The lowest BCUT2D eigenvalue weighted by atomic mass is 10.2. The highest BCUT2D eigenvalue weighted by Crippen LogP contribution is 2.17. The second-order valence-corrected chi connectivity index (χ2v) is 5.41. The Labute approximate surface area is 117 Å². The Balaban J connectivity index is 2.11. The van der Waals surface area contributed by atoms with Gasteiger partial charge in [-0.3, -0.25) is 0 Å². The van der Waals surface area contributed by atoms with Gasteiger partial charge in [0.25, 0.3) is 0 Å².